The third-order valence-electron chi connectivity index (χ3n) is 3.48. The van der Waals surface area contributed by atoms with Gasteiger partial charge in [0.25, 0.3) is 0 Å². The molecule has 0 bridgehead atoms. The summed E-state index contributed by atoms with van der Waals surface area (Å²) in [5.74, 6) is 1.31. The fraction of sp³-hybridized carbons (Fsp3) is 0.583. The molecule has 1 fully saturated rings. The minimum atomic E-state index is 0.0252. The van der Waals surface area contributed by atoms with Gasteiger partial charge in [-0.25, -0.2) is 0 Å². The second-order valence-electron chi connectivity index (χ2n) is 5.01. The van der Waals surface area contributed by atoms with E-state index in [1.807, 2.05) is 6.07 Å². The molecule has 0 atom stereocenters. The van der Waals surface area contributed by atoms with Gasteiger partial charge in [0.2, 0.25) is 5.58 Å². The quantitative estimate of drug-likeness (QED) is 0.863. The van der Waals surface area contributed by atoms with Crippen molar-refractivity contribution >= 4 is 11.2 Å². The summed E-state index contributed by atoms with van der Waals surface area (Å²) in [5, 5.41) is 4.11. The van der Waals surface area contributed by atoms with Crippen molar-refractivity contribution in [2.75, 3.05) is 6.54 Å². The van der Waals surface area contributed by atoms with Crippen molar-refractivity contribution in [3.05, 3.63) is 17.5 Å². The summed E-state index contributed by atoms with van der Waals surface area (Å²) in [7, 11) is 0. The maximum Gasteiger partial charge on any atom is 0.205 e. The molecule has 0 saturated heterocycles. The summed E-state index contributed by atoms with van der Waals surface area (Å²) >= 11 is 0. The first-order valence-corrected chi connectivity index (χ1v) is 5.76. The molecule has 2 aromatic heterocycles. The van der Waals surface area contributed by atoms with Gasteiger partial charge in [-0.3, -0.25) is 0 Å². The van der Waals surface area contributed by atoms with Crippen LogP contribution in [0.4, 0.5) is 0 Å². The number of hydrogen-bond donors (Lipinski definition) is 1. The van der Waals surface area contributed by atoms with E-state index in [-0.39, 0.29) is 5.41 Å². The van der Waals surface area contributed by atoms with E-state index >= 15 is 0 Å². The van der Waals surface area contributed by atoms with Crippen molar-refractivity contribution in [3.8, 4) is 0 Å². The second kappa shape index (κ2) is 3.10. The molecule has 1 aliphatic rings. The molecule has 86 valence electrons. The van der Waals surface area contributed by atoms with E-state index in [0.717, 1.165) is 35.5 Å². The maximum absolute atomic E-state index is 5.82. The molecule has 1 aliphatic carbocycles. The average Bonchev–Trinajstić information content (AvgIpc) is 2.76. The van der Waals surface area contributed by atoms with E-state index < -0.39 is 0 Å². The van der Waals surface area contributed by atoms with Gasteiger partial charge in [0.15, 0.2) is 5.58 Å². The average molecular weight is 220 g/mol. The summed E-state index contributed by atoms with van der Waals surface area (Å²) in [4.78, 5) is 0. The van der Waals surface area contributed by atoms with E-state index in [0.29, 0.717) is 12.5 Å². The molecule has 0 amide bonds. The highest BCUT2D eigenvalue weighted by molar-refractivity contribution is 5.75. The predicted molar refractivity (Wildman–Crippen MR) is 60.3 cm³/mol. The van der Waals surface area contributed by atoms with E-state index in [2.05, 4.69) is 19.0 Å². The van der Waals surface area contributed by atoms with Crippen molar-refractivity contribution in [2.45, 2.75) is 38.0 Å². The molecule has 4 heteroatoms. The van der Waals surface area contributed by atoms with Gasteiger partial charge in [-0.05, 0) is 12.8 Å². The van der Waals surface area contributed by atoms with Gasteiger partial charge >= 0.3 is 0 Å². The molecular formula is C12H16N2O2. The van der Waals surface area contributed by atoms with Crippen LogP contribution in [-0.2, 0) is 5.41 Å². The molecule has 2 N–H and O–H groups in total. The molecule has 0 spiro atoms. The molecule has 2 heterocycles. The first kappa shape index (κ1) is 9.90. The second-order valence-corrected chi connectivity index (χ2v) is 5.01. The zero-order valence-corrected chi connectivity index (χ0v) is 9.62. The Kier molecular flexibility index (Phi) is 1.92. The number of aromatic nitrogens is 1. The molecule has 4 nitrogen and oxygen atoms in total. The lowest BCUT2D eigenvalue weighted by atomic mass is 10.0. The van der Waals surface area contributed by atoms with Gasteiger partial charge in [0, 0.05) is 23.9 Å². The van der Waals surface area contributed by atoms with Gasteiger partial charge in [-0.2, -0.15) is 0 Å². The molecule has 2 aromatic rings. The van der Waals surface area contributed by atoms with E-state index in [1.165, 1.54) is 0 Å². The molecule has 0 radical (unpaired) electrons. The fourth-order valence-corrected chi connectivity index (χ4v) is 2.07. The summed E-state index contributed by atoms with van der Waals surface area (Å²) in [6, 6.07) is 1.93. The van der Waals surface area contributed by atoms with Crippen LogP contribution in [0.5, 0.6) is 0 Å². The van der Waals surface area contributed by atoms with Crippen LogP contribution in [0.25, 0.3) is 11.2 Å². The van der Waals surface area contributed by atoms with Gasteiger partial charge in [0.1, 0.15) is 11.5 Å². The lowest BCUT2D eigenvalue weighted by molar-refractivity contribution is 0.431. The van der Waals surface area contributed by atoms with Crippen LogP contribution in [0.1, 0.15) is 44.1 Å². The standard InChI is InChI=1S/C12H16N2O2/c1-7(2)8-5-9-10(15-8)11(14-16-9)12(6-13)3-4-12/h5,7H,3-4,6,13H2,1-2H3. The van der Waals surface area contributed by atoms with Crippen molar-refractivity contribution in [1.29, 1.82) is 0 Å². The summed E-state index contributed by atoms with van der Waals surface area (Å²) < 4.78 is 11.1. The molecule has 0 aromatic carbocycles. The van der Waals surface area contributed by atoms with Crippen LogP contribution in [0, 0.1) is 0 Å². The Morgan fingerprint density at radius 2 is 2.25 bits per heavy atom. The Balaban J connectivity index is 2.12. The van der Waals surface area contributed by atoms with Crippen molar-refractivity contribution < 1.29 is 8.94 Å². The summed E-state index contributed by atoms with van der Waals surface area (Å²) in [6.45, 7) is 4.81. The van der Waals surface area contributed by atoms with Gasteiger partial charge in [0.05, 0.1) is 0 Å². The largest absolute Gasteiger partial charge is 0.455 e. The maximum atomic E-state index is 5.82. The third-order valence-corrected chi connectivity index (χ3v) is 3.48. The molecule has 0 unspecified atom stereocenters. The Labute approximate surface area is 93.8 Å². The highest BCUT2D eigenvalue weighted by atomic mass is 16.5. The molecule has 16 heavy (non-hydrogen) atoms. The minimum absolute atomic E-state index is 0.0252. The van der Waals surface area contributed by atoms with Gasteiger partial charge in [-0.1, -0.05) is 19.0 Å². The summed E-state index contributed by atoms with van der Waals surface area (Å²) in [6.07, 6.45) is 2.17. The SMILES string of the molecule is CC(C)c1cc2onc(C3(CN)CC3)c2o1. The van der Waals surface area contributed by atoms with Crippen LogP contribution in [0.15, 0.2) is 15.0 Å². The number of nitrogens with zero attached hydrogens (tertiary/aromatic N) is 1. The lowest BCUT2D eigenvalue weighted by Crippen LogP contribution is -2.20. The highest BCUT2D eigenvalue weighted by Crippen LogP contribution is 2.49. The van der Waals surface area contributed by atoms with Crippen LogP contribution in [0.3, 0.4) is 0 Å². The number of hydrogen-bond acceptors (Lipinski definition) is 4. The molecule has 3 rings (SSSR count). The van der Waals surface area contributed by atoms with Gasteiger partial charge < -0.3 is 14.7 Å². The molecule has 0 aliphatic heterocycles. The number of furan rings is 1. The van der Waals surface area contributed by atoms with Crippen molar-refractivity contribution in [1.82, 2.24) is 5.16 Å². The van der Waals surface area contributed by atoms with E-state index in [9.17, 15) is 0 Å². The zero-order chi connectivity index (χ0) is 11.3. The van der Waals surface area contributed by atoms with Crippen LogP contribution in [0.2, 0.25) is 0 Å². The van der Waals surface area contributed by atoms with E-state index in [4.69, 9.17) is 14.7 Å². The number of fused-ring (bicyclic) bond motifs is 1. The fourth-order valence-electron chi connectivity index (χ4n) is 2.07. The first-order chi connectivity index (χ1) is 7.66. The zero-order valence-electron chi connectivity index (χ0n) is 9.62. The van der Waals surface area contributed by atoms with Crippen LogP contribution >= 0.6 is 0 Å². The van der Waals surface area contributed by atoms with Crippen molar-refractivity contribution in [3.63, 3.8) is 0 Å². The van der Waals surface area contributed by atoms with Crippen LogP contribution in [-0.4, -0.2) is 11.7 Å². The highest BCUT2D eigenvalue weighted by Gasteiger charge is 2.48. The van der Waals surface area contributed by atoms with Crippen LogP contribution < -0.4 is 5.73 Å². The van der Waals surface area contributed by atoms with Crippen molar-refractivity contribution in [2.24, 2.45) is 5.73 Å². The lowest BCUT2D eigenvalue weighted by Gasteiger charge is -2.06. The monoisotopic (exact) mass is 220 g/mol. The smallest absolute Gasteiger partial charge is 0.205 e. The Morgan fingerprint density at radius 1 is 1.50 bits per heavy atom. The Hall–Kier alpha value is -1.29. The topological polar surface area (TPSA) is 65.2 Å². The summed E-state index contributed by atoms with van der Waals surface area (Å²) in [5.41, 5.74) is 8.28. The third kappa shape index (κ3) is 1.23. The first-order valence-electron chi connectivity index (χ1n) is 5.76. The van der Waals surface area contributed by atoms with Gasteiger partial charge in [-0.15, -0.1) is 0 Å². The number of rotatable bonds is 3. The van der Waals surface area contributed by atoms with E-state index in [1.54, 1.807) is 0 Å². The Morgan fingerprint density at radius 3 is 2.81 bits per heavy atom. The predicted octanol–water partition coefficient (Wildman–Crippen LogP) is 2.53. The Bertz CT molecular complexity index is 520. The minimum Gasteiger partial charge on any atom is -0.455 e. The molecule has 1 saturated carbocycles. The number of nitrogens with two attached hydrogens (primary N) is 1. The normalized spacial score (nSPS) is 18.5. The molecular weight excluding hydrogens is 204 g/mol.